The first-order chi connectivity index (χ1) is 12.1. The highest BCUT2D eigenvalue weighted by Crippen LogP contribution is 2.22. The number of hydrogen-bond donors (Lipinski definition) is 0. The van der Waals surface area contributed by atoms with E-state index in [4.69, 9.17) is 4.74 Å². The molecule has 1 aromatic rings. The molecule has 2 aliphatic heterocycles. The lowest BCUT2D eigenvalue weighted by Crippen LogP contribution is -2.46. The summed E-state index contributed by atoms with van der Waals surface area (Å²) < 4.78 is 5.58. The van der Waals surface area contributed by atoms with Gasteiger partial charge in [-0.3, -0.25) is 9.59 Å². The molecule has 0 atom stereocenters. The van der Waals surface area contributed by atoms with Gasteiger partial charge in [-0.1, -0.05) is 17.7 Å². The highest BCUT2D eigenvalue weighted by Gasteiger charge is 2.30. The molecule has 0 aliphatic carbocycles. The van der Waals surface area contributed by atoms with Gasteiger partial charge in [0.1, 0.15) is 5.75 Å². The molecule has 5 heteroatoms. The van der Waals surface area contributed by atoms with Crippen molar-refractivity contribution < 1.29 is 14.3 Å². The lowest BCUT2D eigenvalue weighted by atomic mass is 9.94. The van der Waals surface area contributed by atoms with Crippen molar-refractivity contribution in [3.63, 3.8) is 0 Å². The third-order valence-electron chi connectivity index (χ3n) is 5.25. The fourth-order valence-electron chi connectivity index (χ4n) is 3.62. The van der Waals surface area contributed by atoms with E-state index in [0.717, 1.165) is 38.8 Å². The van der Waals surface area contributed by atoms with Gasteiger partial charge in [0.05, 0.1) is 0 Å². The molecule has 0 radical (unpaired) electrons. The standard InChI is InChI=1S/C20H28N2O3/c1-16-5-7-18(8-6-16)25-15-19(23)21-13-9-17(10-14-21)20(24)22-11-3-2-4-12-22/h5-8,17H,2-4,9-15H2,1H3. The Morgan fingerprint density at radius 2 is 1.60 bits per heavy atom. The Kier molecular flexibility index (Phi) is 5.95. The minimum absolute atomic E-state index is 0.00412. The second kappa shape index (κ2) is 8.37. The van der Waals surface area contributed by atoms with Crippen LogP contribution in [0.5, 0.6) is 5.75 Å². The summed E-state index contributed by atoms with van der Waals surface area (Å²) in [6, 6.07) is 7.70. The van der Waals surface area contributed by atoms with E-state index >= 15 is 0 Å². The van der Waals surface area contributed by atoms with Crippen molar-refractivity contribution in [1.29, 1.82) is 0 Å². The smallest absolute Gasteiger partial charge is 0.260 e. The van der Waals surface area contributed by atoms with Gasteiger partial charge < -0.3 is 14.5 Å². The third kappa shape index (κ3) is 4.74. The first kappa shape index (κ1) is 17.8. The van der Waals surface area contributed by atoms with Crippen LogP contribution >= 0.6 is 0 Å². The molecule has 5 nitrogen and oxygen atoms in total. The fraction of sp³-hybridized carbons (Fsp3) is 0.600. The number of benzene rings is 1. The van der Waals surface area contributed by atoms with E-state index in [1.54, 1.807) is 0 Å². The van der Waals surface area contributed by atoms with Crippen LogP contribution in [0.3, 0.4) is 0 Å². The van der Waals surface area contributed by atoms with Crippen LogP contribution in [0, 0.1) is 12.8 Å². The van der Waals surface area contributed by atoms with E-state index in [0.29, 0.717) is 24.7 Å². The van der Waals surface area contributed by atoms with Gasteiger partial charge in [0.25, 0.3) is 5.91 Å². The molecule has 0 saturated carbocycles. The van der Waals surface area contributed by atoms with E-state index in [1.165, 1.54) is 12.0 Å². The predicted octanol–water partition coefficient (Wildman–Crippen LogP) is 2.62. The summed E-state index contributed by atoms with van der Waals surface area (Å²) in [5.41, 5.74) is 1.17. The van der Waals surface area contributed by atoms with E-state index in [2.05, 4.69) is 0 Å². The van der Waals surface area contributed by atoms with E-state index in [-0.39, 0.29) is 18.4 Å². The second-order valence-corrected chi connectivity index (χ2v) is 7.14. The Labute approximate surface area is 149 Å². The first-order valence-electron chi connectivity index (χ1n) is 9.39. The molecule has 0 aromatic heterocycles. The van der Waals surface area contributed by atoms with Gasteiger partial charge in [-0.25, -0.2) is 0 Å². The van der Waals surface area contributed by atoms with Crippen LogP contribution in [0.25, 0.3) is 0 Å². The molecule has 2 amide bonds. The van der Waals surface area contributed by atoms with Crippen LogP contribution in [-0.4, -0.2) is 54.4 Å². The summed E-state index contributed by atoms with van der Waals surface area (Å²) in [5, 5.41) is 0. The average molecular weight is 344 g/mol. The normalized spacial score (nSPS) is 18.9. The summed E-state index contributed by atoms with van der Waals surface area (Å²) in [6.07, 6.45) is 5.02. The van der Waals surface area contributed by atoms with Crippen molar-refractivity contribution in [2.24, 2.45) is 5.92 Å². The number of carbonyl (C=O) groups excluding carboxylic acids is 2. The molecule has 0 bridgehead atoms. The molecular formula is C20H28N2O3. The molecule has 0 unspecified atom stereocenters. The molecule has 25 heavy (non-hydrogen) atoms. The molecule has 2 fully saturated rings. The number of carbonyl (C=O) groups is 2. The SMILES string of the molecule is Cc1ccc(OCC(=O)N2CCC(C(=O)N3CCCCC3)CC2)cc1. The molecule has 1 aromatic carbocycles. The van der Waals surface area contributed by atoms with Crippen LogP contribution in [0.2, 0.25) is 0 Å². The number of ether oxygens (including phenoxy) is 1. The number of amides is 2. The third-order valence-corrected chi connectivity index (χ3v) is 5.25. The summed E-state index contributed by atoms with van der Waals surface area (Å²) in [7, 11) is 0. The molecular weight excluding hydrogens is 316 g/mol. The first-order valence-corrected chi connectivity index (χ1v) is 9.39. The second-order valence-electron chi connectivity index (χ2n) is 7.14. The van der Waals surface area contributed by atoms with E-state index < -0.39 is 0 Å². The van der Waals surface area contributed by atoms with Crippen molar-refractivity contribution in [3.8, 4) is 5.75 Å². The Balaban J connectivity index is 1.42. The minimum atomic E-state index is 0.00412. The van der Waals surface area contributed by atoms with Gasteiger partial charge in [0, 0.05) is 32.1 Å². The monoisotopic (exact) mass is 344 g/mol. The summed E-state index contributed by atoms with van der Waals surface area (Å²) in [5.74, 6) is 1.10. The van der Waals surface area contributed by atoms with Gasteiger partial charge in [0.15, 0.2) is 6.61 Å². The molecule has 0 spiro atoms. The van der Waals surface area contributed by atoms with Crippen molar-refractivity contribution in [3.05, 3.63) is 29.8 Å². The zero-order valence-corrected chi connectivity index (χ0v) is 15.1. The fourth-order valence-corrected chi connectivity index (χ4v) is 3.62. The molecule has 2 saturated heterocycles. The summed E-state index contributed by atoms with van der Waals surface area (Å²) in [4.78, 5) is 28.7. The van der Waals surface area contributed by atoms with Crippen molar-refractivity contribution in [1.82, 2.24) is 9.80 Å². The highest BCUT2D eigenvalue weighted by molar-refractivity contribution is 5.80. The lowest BCUT2D eigenvalue weighted by Gasteiger charge is -2.35. The van der Waals surface area contributed by atoms with Crippen molar-refractivity contribution >= 4 is 11.8 Å². The van der Waals surface area contributed by atoms with Gasteiger partial charge in [-0.15, -0.1) is 0 Å². The van der Waals surface area contributed by atoms with Gasteiger partial charge >= 0.3 is 0 Å². The topological polar surface area (TPSA) is 49.9 Å². The maximum atomic E-state index is 12.6. The number of rotatable bonds is 4. The summed E-state index contributed by atoms with van der Waals surface area (Å²) >= 11 is 0. The van der Waals surface area contributed by atoms with Crippen LogP contribution in [0.15, 0.2) is 24.3 Å². The van der Waals surface area contributed by atoms with E-state index in [1.807, 2.05) is 41.0 Å². The maximum Gasteiger partial charge on any atom is 0.260 e. The predicted molar refractivity (Wildman–Crippen MR) is 96.4 cm³/mol. The average Bonchev–Trinajstić information content (AvgIpc) is 2.67. The van der Waals surface area contributed by atoms with Gasteiger partial charge in [0.2, 0.25) is 5.91 Å². The number of likely N-dealkylation sites (tertiary alicyclic amines) is 2. The Bertz CT molecular complexity index is 585. The number of hydrogen-bond acceptors (Lipinski definition) is 3. The molecule has 2 aliphatic rings. The number of aryl methyl sites for hydroxylation is 1. The molecule has 0 N–H and O–H groups in total. The number of nitrogens with zero attached hydrogens (tertiary/aromatic N) is 2. The van der Waals surface area contributed by atoms with E-state index in [9.17, 15) is 9.59 Å². The molecule has 136 valence electrons. The van der Waals surface area contributed by atoms with Crippen LogP contribution in [-0.2, 0) is 9.59 Å². The Hall–Kier alpha value is -2.04. The van der Waals surface area contributed by atoms with Crippen LogP contribution in [0.1, 0.15) is 37.7 Å². The lowest BCUT2D eigenvalue weighted by molar-refractivity contribution is -0.142. The van der Waals surface area contributed by atoms with Gasteiger partial charge in [-0.05, 0) is 51.2 Å². The van der Waals surface area contributed by atoms with Gasteiger partial charge in [-0.2, -0.15) is 0 Å². The summed E-state index contributed by atoms with van der Waals surface area (Å²) in [6.45, 7) is 5.20. The zero-order valence-electron chi connectivity index (χ0n) is 15.1. The van der Waals surface area contributed by atoms with Crippen molar-refractivity contribution in [2.45, 2.75) is 39.0 Å². The molecule has 2 heterocycles. The van der Waals surface area contributed by atoms with Crippen LogP contribution < -0.4 is 4.74 Å². The minimum Gasteiger partial charge on any atom is -0.484 e. The largest absolute Gasteiger partial charge is 0.484 e. The molecule has 3 rings (SSSR count). The van der Waals surface area contributed by atoms with Crippen LogP contribution in [0.4, 0.5) is 0 Å². The highest BCUT2D eigenvalue weighted by atomic mass is 16.5. The Morgan fingerprint density at radius 1 is 0.960 bits per heavy atom. The zero-order chi connectivity index (χ0) is 17.6. The number of piperidine rings is 2. The van der Waals surface area contributed by atoms with Crippen molar-refractivity contribution in [2.75, 3.05) is 32.8 Å². The Morgan fingerprint density at radius 3 is 2.24 bits per heavy atom. The maximum absolute atomic E-state index is 12.6. The quantitative estimate of drug-likeness (QED) is 0.844.